The highest BCUT2D eigenvalue weighted by atomic mass is 16.5. The van der Waals surface area contributed by atoms with E-state index in [1.54, 1.807) is 18.2 Å². The van der Waals surface area contributed by atoms with Crippen molar-refractivity contribution in [3.63, 3.8) is 0 Å². The summed E-state index contributed by atoms with van der Waals surface area (Å²) in [6, 6.07) is 18.7. The summed E-state index contributed by atoms with van der Waals surface area (Å²) >= 11 is 0. The van der Waals surface area contributed by atoms with Crippen molar-refractivity contribution >= 4 is 22.8 Å². The second-order valence-corrected chi connectivity index (χ2v) is 5.51. The lowest BCUT2D eigenvalue weighted by atomic mass is 10.1. The molecule has 0 saturated carbocycles. The number of esters is 1. The van der Waals surface area contributed by atoms with Crippen molar-refractivity contribution in [2.24, 2.45) is 0 Å². The van der Waals surface area contributed by atoms with Gasteiger partial charge in [0.1, 0.15) is 6.61 Å². The van der Waals surface area contributed by atoms with Crippen LogP contribution in [0.4, 0.5) is 0 Å². The molecule has 1 N–H and O–H groups in total. The van der Waals surface area contributed by atoms with Gasteiger partial charge in [-0.2, -0.15) is 0 Å². The Morgan fingerprint density at radius 3 is 2.72 bits per heavy atom. The zero-order valence-corrected chi connectivity index (χ0v) is 13.8. The first-order chi connectivity index (χ1) is 12.2. The molecule has 0 saturated heterocycles. The van der Waals surface area contributed by atoms with Crippen molar-refractivity contribution in [3.8, 4) is 11.5 Å². The van der Waals surface area contributed by atoms with E-state index < -0.39 is 5.97 Å². The van der Waals surface area contributed by atoms with Crippen LogP contribution in [-0.2, 0) is 16.1 Å². The monoisotopic (exact) mass is 334 g/mol. The predicted octanol–water partition coefficient (Wildman–Crippen LogP) is 4.31. The SMILES string of the molecule is COc1cc(C=CC(=O)OCc2cccc3ccccc23)ccc1O. The molecular formula is C21H18O4. The molecule has 0 aromatic heterocycles. The fraction of sp³-hybridized carbons (Fsp3) is 0.0952. The van der Waals surface area contributed by atoms with Crippen molar-refractivity contribution in [3.05, 3.63) is 77.9 Å². The number of methoxy groups -OCH3 is 1. The number of carbonyl (C=O) groups excluding carboxylic acids is 1. The first-order valence-corrected chi connectivity index (χ1v) is 7.86. The second kappa shape index (κ2) is 7.53. The van der Waals surface area contributed by atoms with Gasteiger partial charge in [-0.1, -0.05) is 48.5 Å². The molecule has 0 radical (unpaired) electrons. The van der Waals surface area contributed by atoms with Gasteiger partial charge < -0.3 is 14.6 Å². The van der Waals surface area contributed by atoms with E-state index in [-0.39, 0.29) is 12.4 Å². The van der Waals surface area contributed by atoms with Gasteiger partial charge in [0.25, 0.3) is 0 Å². The number of hydrogen-bond donors (Lipinski definition) is 1. The number of ether oxygens (including phenoxy) is 2. The van der Waals surface area contributed by atoms with Gasteiger partial charge in [-0.25, -0.2) is 4.79 Å². The molecule has 0 amide bonds. The molecule has 0 heterocycles. The molecule has 0 atom stereocenters. The van der Waals surface area contributed by atoms with Gasteiger partial charge in [0, 0.05) is 6.08 Å². The lowest BCUT2D eigenvalue weighted by Crippen LogP contribution is -2.01. The minimum Gasteiger partial charge on any atom is -0.504 e. The quantitative estimate of drug-likeness (QED) is 0.558. The van der Waals surface area contributed by atoms with Gasteiger partial charge >= 0.3 is 5.97 Å². The zero-order chi connectivity index (χ0) is 17.6. The van der Waals surface area contributed by atoms with Gasteiger partial charge in [0.15, 0.2) is 11.5 Å². The maximum Gasteiger partial charge on any atom is 0.331 e. The van der Waals surface area contributed by atoms with E-state index in [0.29, 0.717) is 5.75 Å². The maximum atomic E-state index is 12.0. The smallest absolute Gasteiger partial charge is 0.331 e. The molecule has 0 aliphatic carbocycles. The first kappa shape index (κ1) is 16.6. The van der Waals surface area contributed by atoms with Crippen LogP contribution < -0.4 is 4.74 Å². The zero-order valence-electron chi connectivity index (χ0n) is 13.8. The molecule has 4 nitrogen and oxygen atoms in total. The third kappa shape index (κ3) is 3.98. The molecule has 3 aromatic carbocycles. The van der Waals surface area contributed by atoms with E-state index in [4.69, 9.17) is 9.47 Å². The van der Waals surface area contributed by atoms with E-state index in [1.165, 1.54) is 19.3 Å². The number of rotatable bonds is 5. The van der Waals surface area contributed by atoms with Crippen LogP contribution in [0.3, 0.4) is 0 Å². The van der Waals surface area contributed by atoms with E-state index in [2.05, 4.69) is 0 Å². The Kier molecular flexibility index (Phi) is 5.00. The van der Waals surface area contributed by atoms with Crippen LogP contribution in [-0.4, -0.2) is 18.2 Å². The number of fused-ring (bicyclic) bond motifs is 1. The van der Waals surface area contributed by atoms with Crippen molar-refractivity contribution in [1.29, 1.82) is 0 Å². The average molecular weight is 334 g/mol. The van der Waals surface area contributed by atoms with Crippen molar-refractivity contribution in [1.82, 2.24) is 0 Å². The largest absolute Gasteiger partial charge is 0.504 e. The van der Waals surface area contributed by atoms with Crippen LogP contribution in [0.5, 0.6) is 11.5 Å². The number of phenolic OH excluding ortho intramolecular Hbond substituents is 1. The van der Waals surface area contributed by atoms with Crippen molar-refractivity contribution in [2.75, 3.05) is 7.11 Å². The second-order valence-electron chi connectivity index (χ2n) is 5.51. The van der Waals surface area contributed by atoms with Crippen molar-refractivity contribution in [2.45, 2.75) is 6.61 Å². The summed E-state index contributed by atoms with van der Waals surface area (Å²) < 4.78 is 10.4. The number of benzene rings is 3. The molecule has 126 valence electrons. The Morgan fingerprint density at radius 1 is 1.08 bits per heavy atom. The average Bonchev–Trinajstić information content (AvgIpc) is 2.65. The van der Waals surface area contributed by atoms with Crippen LogP contribution in [0, 0.1) is 0 Å². The molecule has 3 rings (SSSR count). The molecule has 3 aromatic rings. The summed E-state index contributed by atoms with van der Waals surface area (Å²) in [5.74, 6) is -0.0237. The Bertz CT molecular complexity index is 923. The summed E-state index contributed by atoms with van der Waals surface area (Å²) in [4.78, 5) is 12.0. The van der Waals surface area contributed by atoms with Crippen LogP contribution in [0.15, 0.2) is 66.7 Å². The number of carbonyl (C=O) groups is 1. The Labute approximate surface area is 145 Å². The fourth-order valence-electron chi connectivity index (χ4n) is 2.58. The summed E-state index contributed by atoms with van der Waals surface area (Å²) in [5, 5.41) is 11.8. The molecular weight excluding hydrogens is 316 g/mol. The van der Waals surface area contributed by atoms with Crippen LogP contribution in [0.25, 0.3) is 16.8 Å². The van der Waals surface area contributed by atoms with E-state index in [1.807, 2.05) is 42.5 Å². The number of aromatic hydroxyl groups is 1. The van der Waals surface area contributed by atoms with Crippen LogP contribution in [0.2, 0.25) is 0 Å². The minimum atomic E-state index is -0.431. The molecule has 0 bridgehead atoms. The number of hydrogen-bond acceptors (Lipinski definition) is 4. The Morgan fingerprint density at radius 2 is 1.88 bits per heavy atom. The number of phenols is 1. The Hall–Kier alpha value is -3.27. The first-order valence-electron chi connectivity index (χ1n) is 7.86. The van der Waals surface area contributed by atoms with Crippen LogP contribution in [0.1, 0.15) is 11.1 Å². The molecule has 0 fully saturated rings. The summed E-state index contributed by atoms with van der Waals surface area (Å²) in [7, 11) is 1.47. The molecule has 0 spiro atoms. The highest BCUT2D eigenvalue weighted by molar-refractivity contribution is 5.88. The normalized spacial score (nSPS) is 10.9. The lowest BCUT2D eigenvalue weighted by molar-refractivity contribution is -0.138. The molecule has 25 heavy (non-hydrogen) atoms. The van der Waals surface area contributed by atoms with Gasteiger partial charge in [-0.05, 0) is 40.1 Å². The van der Waals surface area contributed by atoms with E-state index in [9.17, 15) is 9.90 Å². The molecule has 0 aliphatic heterocycles. The third-order valence-electron chi connectivity index (χ3n) is 3.87. The highest BCUT2D eigenvalue weighted by Crippen LogP contribution is 2.26. The molecule has 0 aliphatic rings. The highest BCUT2D eigenvalue weighted by Gasteiger charge is 2.04. The Balaban J connectivity index is 1.66. The predicted molar refractivity (Wildman–Crippen MR) is 97.4 cm³/mol. The minimum absolute atomic E-state index is 0.0539. The maximum absolute atomic E-state index is 12.0. The summed E-state index contributed by atoms with van der Waals surface area (Å²) in [6.07, 6.45) is 2.98. The van der Waals surface area contributed by atoms with Gasteiger partial charge in [-0.3, -0.25) is 0 Å². The van der Waals surface area contributed by atoms with E-state index in [0.717, 1.165) is 21.9 Å². The topological polar surface area (TPSA) is 55.8 Å². The molecule has 4 heteroatoms. The molecule has 0 unspecified atom stereocenters. The fourth-order valence-corrected chi connectivity index (χ4v) is 2.58. The van der Waals surface area contributed by atoms with E-state index >= 15 is 0 Å². The van der Waals surface area contributed by atoms with Gasteiger partial charge in [0.2, 0.25) is 0 Å². The third-order valence-corrected chi connectivity index (χ3v) is 3.87. The summed E-state index contributed by atoms with van der Waals surface area (Å²) in [5.41, 5.74) is 1.70. The van der Waals surface area contributed by atoms with Crippen molar-refractivity contribution < 1.29 is 19.4 Å². The standard InChI is InChI=1S/C21H18O4/c1-24-20-13-15(9-11-19(20)22)10-12-21(23)25-14-17-7-4-6-16-5-2-3-8-18(16)17/h2-13,22H,14H2,1H3. The van der Waals surface area contributed by atoms with Gasteiger partial charge in [-0.15, -0.1) is 0 Å². The summed E-state index contributed by atoms with van der Waals surface area (Å²) in [6.45, 7) is 0.212. The van der Waals surface area contributed by atoms with Crippen LogP contribution >= 0.6 is 0 Å². The van der Waals surface area contributed by atoms with Gasteiger partial charge in [0.05, 0.1) is 7.11 Å². The lowest BCUT2D eigenvalue weighted by Gasteiger charge is -2.07.